The summed E-state index contributed by atoms with van der Waals surface area (Å²) in [5.74, 6) is -0.786. The minimum Gasteiger partial charge on any atom is -0.494 e. The Labute approximate surface area is 247 Å². The Morgan fingerprint density at radius 2 is 1.73 bits per heavy atom. The summed E-state index contributed by atoms with van der Waals surface area (Å²) in [7, 11) is 1.46. The Balaban J connectivity index is 1.54. The fourth-order valence-electron chi connectivity index (χ4n) is 3.54. The number of benzene rings is 3. The molecule has 11 heteroatoms. The van der Waals surface area contributed by atoms with E-state index in [-0.39, 0.29) is 12.5 Å². The summed E-state index contributed by atoms with van der Waals surface area (Å²) in [5.41, 5.74) is 5.95. The van der Waals surface area contributed by atoms with Crippen LogP contribution in [0.15, 0.2) is 64.2 Å². The molecule has 3 rings (SSSR count). The van der Waals surface area contributed by atoms with Crippen LogP contribution in [0.25, 0.3) is 0 Å². The highest BCUT2D eigenvalue weighted by Gasteiger charge is 2.15. The first-order valence-electron chi connectivity index (χ1n) is 13.0. The number of ether oxygens (including phenoxy) is 3. The maximum Gasteiger partial charge on any atom is 0.329 e. The Morgan fingerprint density at radius 1 is 0.976 bits per heavy atom. The van der Waals surface area contributed by atoms with Gasteiger partial charge < -0.3 is 24.8 Å². The molecule has 0 saturated heterocycles. The summed E-state index contributed by atoms with van der Waals surface area (Å²) in [4.78, 5) is 36.9. The summed E-state index contributed by atoms with van der Waals surface area (Å²) in [6.07, 6.45) is 3.33. The highest BCUT2D eigenvalue weighted by atomic mass is 79.9. The smallest absolute Gasteiger partial charge is 0.329 e. The first kappa shape index (κ1) is 31.2. The molecule has 0 bridgehead atoms. The minimum absolute atomic E-state index is 0.241. The Bertz CT molecular complexity index is 1410. The molecular weight excluding hydrogens is 592 g/mol. The zero-order valence-corrected chi connectivity index (χ0v) is 25.0. The van der Waals surface area contributed by atoms with Crippen LogP contribution in [0.2, 0.25) is 0 Å². The normalized spacial score (nSPS) is 10.7. The van der Waals surface area contributed by atoms with E-state index in [0.717, 1.165) is 29.7 Å². The van der Waals surface area contributed by atoms with Crippen molar-refractivity contribution in [3.63, 3.8) is 0 Å². The molecule has 0 aliphatic heterocycles. The van der Waals surface area contributed by atoms with Gasteiger partial charge in [0.2, 0.25) is 0 Å². The second kappa shape index (κ2) is 15.4. The number of anilines is 2. The zero-order chi connectivity index (χ0) is 29.8. The molecule has 3 amide bonds. The van der Waals surface area contributed by atoms with Gasteiger partial charge in [0.1, 0.15) is 5.75 Å². The quantitative estimate of drug-likeness (QED) is 0.108. The standard InChI is InChI=1S/C30H33BrN4O6/c1-5-6-14-40-23-12-10-22(11-13-23)33-29(37)30(38)35-32-17-21-15-24(31)28(26(16-21)39-4)41-18-27(36)34-25-9-7-8-19(2)20(25)3/h7-13,15-17H,5-6,14,18H2,1-4H3,(H,33,37)(H,34,36)(H,35,38)/b32-17-. The van der Waals surface area contributed by atoms with Crippen molar-refractivity contribution in [1.82, 2.24) is 5.43 Å². The predicted molar refractivity (Wildman–Crippen MR) is 162 cm³/mol. The fourth-order valence-corrected chi connectivity index (χ4v) is 4.11. The number of hydrogen-bond donors (Lipinski definition) is 3. The maximum absolute atomic E-state index is 12.5. The van der Waals surface area contributed by atoms with Crippen molar-refractivity contribution in [2.45, 2.75) is 33.6 Å². The highest BCUT2D eigenvalue weighted by Crippen LogP contribution is 2.36. The van der Waals surface area contributed by atoms with Crippen LogP contribution in [0.5, 0.6) is 17.2 Å². The second-order valence-corrected chi connectivity index (χ2v) is 9.85. The van der Waals surface area contributed by atoms with Crippen LogP contribution in [-0.2, 0) is 14.4 Å². The van der Waals surface area contributed by atoms with Crippen LogP contribution in [-0.4, -0.2) is 44.3 Å². The Morgan fingerprint density at radius 3 is 2.44 bits per heavy atom. The predicted octanol–water partition coefficient (Wildman–Crippen LogP) is 5.36. The monoisotopic (exact) mass is 624 g/mol. The fraction of sp³-hybridized carbons (Fsp3) is 0.267. The van der Waals surface area contributed by atoms with Gasteiger partial charge in [-0.05, 0) is 95.4 Å². The summed E-state index contributed by atoms with van der Waals surface area (Å²) in [6, 6.07) is 15.7. The molecule has 10 nitrogen and oxygen atoms in total. The average molecular weight is 626 g/mol. The first-order valence-corrected chi connectivity index (χ1v) is 13.7. The molecule has 0 aliphatic carbocycles. The molecule has 3 aromatic rings. The molecule has 0 aromatic heterocycles. The van der Waals surface area contributed by atoms with Crippen LogP contribution in [0.1, 0.15) is 36.5 Å². The third kappa shape index (κ3) is 9.35. The lowest BCUT2D eigenvalue weighted by atomic mass is 10.1. The van der Waals surface area contributed by atoms with Crippen LogP contribution >= 0.6 is 15.9 Å². The van der Waals surface area contributed by atoms with Gasteiger partial charge in [-0.1, -0.05) is 25.5 Å². The van der Waals surface area contributed by atoms with E-state index in [4.69, 9.17) is 14.2 Å². The van der Waals surface area contributed by atoms with E-state index in [1.165, 1.54) is 13.3 Å². The van der Waals surface area contributed by atoms with Crippen molar-refractivity contribution >= 4 is 51.2 Å². The van der Waals surface area contributed by atoms with Gasteiger partial charge in [-0.2, -0.15) is 5.10 Å². The lowest BCUT2D eigenvalue weighted by Crippen LogP contribution is -2.32. The number of aryl methyl sites for hydroxylation is 1. The molecule has 0 heterocycles. The maximum atomic E-state index is 12.5. The molecule has 3 aromatic carbocycles. The number of methoxy groups -OCH3 is 1. The van der Waals surface area contributed by atoms with Gasteiger partial charge in [0.15, 0.2) is 18.1 Å². The number of amides is 3. The van der Waals surface area contributed by atoms with E-state index in [1.807, 2.05) is 32.0 Å². The van der Waals surface area contributed by atoms with Crippen LogP contribution in [0.3, 0.4) is 0 Å². The van der Waals surface area contributed by atoms with E-state index in [1.54, 1.807) is 36.4 Å². The van der Waals surface area contributed by atoms with E-state index in [0.29, 0.717) is 39.6 Å². The van der Waals surface area contributed by atoms with Gasteiger partial charge in [-0.15, -0.1) is 0 Å². The van der Waals surface area contributed by atoms with Crippen LogP contribution in [0.4, 0.5) is 11.4 Å². The molecule has 0 aliphatic rings. The first-order chi connectivity index (χ1) is 19.7. The van der Waals surface area contributed by atoms with Crippen molar-refractivity contribution in [3.8, 4) is 17.2 Å². The van der Waals surface area contributed by atoms with Crippen molar-refractivity contribution in [2.75, 3.05) is 31.0 Å². The van der Waals surface area contributed by atoms with Gasteiger partial charge in [-0.25, -0.2) is 5.43 Å². The molecule has 0 radical (unpaired) electrons. The number of nitrogens with one attached hydrogen (secondary N) is 3. The molecule has 0 unspecified atom stereocenters. The van der Waals surface area contributed by atoms with Crippen molar-refractivity contribution in [3.05, 3.63) is 75.8 Å². The molecule has 216 valence electrons. The van der Waals surface area contributed by atoms with E-state index < -0.39 is 11.8 Å². The minimum atomic E-state index is -0.939. The topological polar surface area (TPSA) is 127 Å². The van der Waals surface area contributed by atoms with Gasteiger partial charge in [-0.3, -0.25) is 14.4 Å². The van der Waals surface area contributed by atoms with E-state index in [2.05, 4.69) is 44.0 Å². The average Bonchev–Trinajstić information content (AvgIpc) is 2.95. The summed E-state index contributed by atoms with van der Waals surface area (Å²) >= 11 is 3.42. The molecule has 0 spiro atoms. The number of nitrogens with zero attached hydrogens (tertiary/aromatic N) is 1. The van der Waals surface area contributed by atoms with Gasteiger partial charge in [0, 0.05) is 11.4 Å². The number of halogens is 1. The third-order valence-corrected chi connectivity index (χ3v) is 6.53. The molecule has 0 atom stereocenters. The summed E-state index contributed by atoms with van der Waals surface area (Å²) in [5, 5.41) is 9.21. The SMILES string of the molecule is CCCCOc1ccc(NC(=O)C(=O)N/N=C\c2cc(Br)c(OCC(=O)Nc3cccc(C)c3C)c(OC)c2)cc1. The van der Waals surface area contributed by atoms with Crippen molar-refractivity contribution in [1.29, 1.82) is 0 Å². The van der Waals surface area contributed by atoms with E-state index in [9.17, 15) is 14.4 Å². The van der Waals surface area contributed by atoms with Gasteiger partial charge in [0.05, 0.1) is 24.4 Å². The van der Waals surface area contributed by atoms with Gasteiger partial charge in [0.25, 0.3) is 5.91 Å². The molecular formula is C30H33BrN4O6. The summed E-state index contributed by atoms with van der Waals surface area (Å²) < 4.78 is 17.2. The number of carbonyl (C=O) groups excluding carboxylic acids is 3. The van der Waals surface area contributed by atoms with Gasteiger partial charge >= 0.3 is 11.8 Å². The number of unbranched alkanes of at least 4 members (excludes halogenated alkanes) is 1. The highest BCUT2D eigenvalue weighted by molar-refractivity contribution is 9.10. The molecule has 0 fully saturated rings. The Kier molecular flexibility index (Phi) is 11.7. The van der Waals surface area contributed by atoms with Crippen LogP contribution < -0.4 is 30.3 Å². The van der Waals surface area contributed by atoms with Crippen molar-refractivity contribution < 1.29 is 28.6 Å². The number of carbonyl (C=O) groups is 3. The lowest BCUT2D eigenvalue weighted by molar-refractivity contribution is -0.136. The third-order valence-electron chi connectivity index (χ3n) is 5.94. The second-order valence-electron chi connectivity index (χ2n) is 9.00. The lowest BCUT2D eigenvalue weighted by Gasteiger charge is -2.14. The zero-order valence-electron chi connectivity index (χ0n) is 23.4. The largest absolute Gasteiger partial charge is 0.494 e. The Hall–Kier alpha value is -4.38. The molecule has 0 saturated carbocycles. The molecule has 41 heavy (non-hydrogen) atoms. The molecule has 3 N–H and O–H groups in total. The number of hydrogen-bond acceptors (Lipinski definition) is 7. The number of rotatable bonds is 12. The number of hydrazone groups is 1. The van der Waals surface area contributed by atoms with Crippen molar-refractivity contribution in [2.24, 2.45) is 5.10 Å². The summed E-state index contributed by atoms with van der Waals surface area (Å²) in [6.45, 7) is 6.36. The van der Waals surface area contributed by atoms with Crippen LogP contribution in [0, 0.1) is 13.8 Å². The van der Waals surface area contributed by atoms with E-state index >= 15 is 0 Å².